The molecule has 2 aromatic rings. The lowest BCUT2D eigenvalue weighted by molar-refractivity contribution is -0.123. The molecular weight excluding hydrogens is 390 g/mol. The maximum absolute atomic E-state index is 12.1. The Labute approximate surface area is 165 Å². The van der Waals surface area contributed by atoms with E-state index >= 15 is 0 Å². The third-order valence-electron chi connectivity index (χ3n) is 4.27. The van der Waals surface area contributed by atoms with Crippen LogP contribution in [0.1, 0.15) is 45.2 Å². The van der Waals surface area contributed by atoms with Gasteiger partial charge in [0.05, 0.1) is 4.47 Å². The fraction of sp³-hybridized carbons (Fsp3) is 0.409. The monoisotopic (exact) mass is 417 g/mol. The van der Waals surface area contributed by atoms with Gasteiger partial charge in [-0.15, -0.1) is 0 Å². The van der Waals surface area contributed by atoms with Crippen LogP contribution in [0.5, 0.6) is 5.75 Å². The molecular formula is C22H28BrNO2. The van der Waals surface area contributed by atoms with Crippen molar-refractivity contribution in [3.63, 3.8) is 0 Å². The van der Waals surface area contributed by atoms with E-state index in [0.29, 0.717) is 5.75 Å². The van der Waals surface area contributed by atoms with E-state index in [1.807, 2.05) is 37.3 Å². The van der Waals surface area contributed by atoms with E-state index in [1.54, 1.807) is 0 Å². The summed E-state index contributed by atoms with van der Waals surface area (Å²) in [6.07, 6.45) is 1.85. The topological polar surface area (TPSA) is 38.3 Å². The summed E-state index contributed by atoms with van der Waals surface area (Å²) in [6.45, 7) is 8.54. The van der Waals surface area contributed by atoms with E-state index in [9.17, 15) is 4.79 Å². The molecule has 0 fully saturated rings. The van der Waals surface area contributed by atoms with Crippen LogP contribution >= 0.6 is 15.9 Å². The van der Waals surface area contributed by atoms with Gasteiger partial charge in [-0.1, -0.05) is 57.2 Å². The van der Waals surface area contributed by atoms with Crippen molar-refractivity contribution in [2.75, 3.05) is 6.61 Å². The van der Waals surface area contributed by atoms with Gasteiger partial charge in [-0.25, -0.2) is 0 Å². The molecule has 2 rings (SSSR count). The minimum Gasteiger partial charge on any atom is -0.483 e. The number of rotatable bonds is 7. The minimum atomic E-state index is -0.0997. The Morgan fingerprint density at radius 2 is 1.85 bits per heavy atom. The predicted molar refractivity (Wildman–Crippen MR) is 111 cm³/mol. The van der Waals surface area contributed by atoms with Crippen LogP contribution in [-0.4, -0.2) is 18.6 Å². The molecule has 4 heteroatoms. The molecule has 0 aromatic heterocycles. The molecule has 0 spiro atoms. The Morgan fingerprint density at radius 3 is 2.46 bits per heavy atom. The molecule has 0 bridgehead atoms. The van der Waals surface area contributed by atoms with Gasteiger partial charge < -0.3 is 10.1 Å². The van der Waals surface area contributed by atoms with Crippen molar-refractivity contribution in [1.82, 2.24) is 5.32 Å². The van der Waals surface area contributed by atoms with E-state index in [2.05, 4.69) is 60.2 Å². The third-order valence-corrected chi connectivity index (χ3v) is 4.89. The summed E-state index contributed by atoms with van der Waals surface area (Å²) in [5.74, 6) is 0.586. The Kier molecular flexibility index (Phi) is 7.27. The highest BCUT2D eigenvalue weighted by atomic mass is 79.9. The first-order valence-corrected chi connectivity index (χ1v) is 9.81. The molecule has 0 heterocycles. The highest BCUT2D eigenvalue weighted by molar-refractivity contribution is 9.10. The van der Waals surface area contributed by atoms with Crippen LogP contribution in [-0.2, 0) is 16.6 Å². The van der Waals surface area contributed by atoms with Gasteiger partial charge in [-0.3, -0.25) is 4.79 Å². The SMILES string of the molecule is C[C@H](CCc1ccccc1)NC(=O)COc1ccc(C(C)(C)C)cc1Br. The van der Waals surface area contributed by atoms with Crippen LogP contribution in [0, 0.1) is 0 Å². The number of carbonyl (C=O) groups excluding carboxylic acids is 1. The molecule has 0 unspecified atom stereocenters. The van der Waals surface area contributed by atoms with Gasteiger partial charge in [0, 0.05) is 6.04 Å². The van der Waals surface area contributed by atoms with E-state index in [-0.39, 0.29) is 24.0 Å². The van der Waals surface area contributed by atoms with E-state index in [4.69, 9.17) is 4.74 Å². The van der Waals surface area contributed by atoms with Crippen LogP contribution in [0.3, 0.4) is 0 Å². The van der Waals surface area contributed by atoms with E-state index in [0.717, 1.165) is 17.3 Å². The summed E-state index contributed by atoms with van der Waals surface area (Å²) in [7, 11) is 0. The normalized spacial score (nSPS) is 12.5. The molecule has 0 aliphatic rings. The van der Waals surface area contributed by atoms with Crippen molar-refractivity contribution in [1.29, 1.82) is 0 Å². The smallest absolute Gasteiger partial charge is 0.258 e. The number of aryl methyl sites for hydroxylation is 1. The van der Waals surface area contributed by atoms with Crippen LogP contribution in [0.4, 0.5) is 0 Å². The van der Waals surface area contributed by atoms with Gasteiger partial charge in [-0.05, 0) is 64.4 Å². The molecule has 0 aliphatic heterocycles. The lowest BCUT2D eigenvalue weighted by Crippen LogP contribution is -2.36. The Morgan fingerprint density at radius 1 is 1.15 bits per heavy atom. The molecule has 0 saturated heterocycles. The number of benzene rings is 2. The van der Waals surface area contributed by atoms with E-state index < -0.39 is 0 Å². The van der Waals surface area contributed by atoms with Crippen LogP contribution in [0.25, 0.3) is 0 Å². The largest absolute Gasteiger partial charge is 0.483 e. The van der Waals surface area contributed by atoms with Gasteiger partial charge in [-0.2, -0.15) is 0 Å². The number of hydrogen-bond donors (Lipinski definition) is 1. The number of nitrogens with one attached hydrogen (secondary N) is 1. The molecule has 2 aromatic carbocycles. The summed E-state index contributed by atoms with van der Waals surface area (Å²) < 4.78 is 6.54. The lowest BCUT2D eigenvalue weighted by Gasteiger charge is -2.20. The lowest BCUT2D eigenvalue weighted by atomic mass is 9.87. The fourth-order valence-corrected chi connectivity index (χ4v) is 3.14. The van der Waals surface area contributed by atoms with Gasteiger partial charge in [0.2, 0.25) is 0 Å². The summed E-state index contributed by atoms with van der Waals surface area (Å²) in [4.78, 5) is 12.1. The summed E-state index contributed by atoms with van der Waals surface area (Å²) >= 11 is 3.53. The molecule has 0 aliphatic carbocycles. The Balaban J connectivity index is 1.79. The van der Waals surface area contributed by atoms with Crippen LogP contribution in [0.15, 0.2) is 53.0 Å². The molecule has 0 saturated carbocycles. The molecule has 1 amide bonds. The first kappa shape index (κ1) is 20.5. The fourth-order valence-electron chi connectivity index (χ4n) is 2.64. The summed E-state index contributed by atoms with van der Waals surface area (Å²) in [5, 5.41) is 3.00. The second kappa shape index (κ2) is 9.22. The highest BCUT2D eigenvalue weighted by Gasteiger charge is 2.16. The first-order chi connectivity index (χ1) is 12.3. The summed E-state index contributed by atoms with van der Waals surface area (Å²) in [5.41, 5.74) is 2.58. The first-order valence-electron chi connectivity index (χ1n) is 9.02. The second-order valence-electron chi connectivity index (χ2n) is 7.68. The zero-order chi connectivity index (χ0) is 19.2. The predicted octanol–water partition coefficient (Wildman–Crippen LogP) is 5.26. The van der Waals surface area contributed by atoms with Gasteiger partial charge in [0.15, 0.2) is 6.61 Å². The summed E-state index contributed by atoms with van der Waals surface area (Å²) in [6, 6.07) is 16.4. The van der Waals surface area contributed by atoms with Crippen molar-refractivity contribution < 1.29 is 9.53 Å². The maximum Gasteiger partial charge on any atom is 0.258 e. The molecule has 1 atom stereocenters. The average Bonchev–Trinajstić information content (AvgIpc) is 2.59. The standard InChI is InChI=1S/C22H28BrNO2/c1-16(10-11-17-8-6-5-7-9-17)24-21(25)15-26-20-13-12-18(14-19(20)23)22(2,3)4/h5-9,12-14,16H,10-11,15H2,1-4H3,(H,24,25)/t16-/m1/s1. The molecule has 0 radical (unpaired) electrons. The van der Waals surface area contributed by atoms with Crippen LogP contribution < -0.4 is 10.1 Å². The zero-order valence-corrected chi connectivity index (χ0v) is 17.6. The Bertz CT molecular complexity index is 723. The quantitative estimate of drug-likeness (QED) is 0.666. The third kappa shape index (κ3) is 6.49. The van der Waals surface area contributed by atoms with Crippen molar-refractivity contribution in [2.24, 2.45) is 0 Å². The molecule has 26 heavy (non-hydrogen) atoms. The number of amides is 1. The molecule has 140 valence electrons. The number of hydrogen-bond acceptors (Lipinski definition) is 2. The minimum absolute atomic E-state index is 0.0170. The van der Waals surface area contributed by atoms with E-state index in [1.165, 1.54) is 11.1 Å². The van der Waals surface area contributed by atoms with Crippen molar-refractivity contribution in [3.8, 4) is 5.75 Å². The average molecular weight is 418 g/mol. The zero-order valence-electron chi connectivity index (χ0n) is 16.0. The molecule has 3 nitrogen and oxygen atoms in total. The van der Waals surface area contributed by atoms with Crippen molar-refractivity contribution in [2.45, 2.75) is 52.0 Å². The van der Waals surface area contributed by atoms with Gasteiger partial charge in [0.25, 0.3) is 5.91 Å². The Hall–Kier alpha value is -1.81. The van der Waals surface area contributed by atoms with Crippen LogP contribution in [0.2, 0.25) is 0 Å². The van der Waals surface area contributed by atoms with Gasteiger partial charge >= 0.3 is 0 Å². The molecule has 1 N–H and O–H groups in total. The maximum atomic E-state index is 12.1. The highest BCUT2D eigenvalue weighted by Crippen LogP contribution is 2.31. The number of halogens is 1. The number of ether oxygens (including phenoxy) is 1. The van der Waals surface area contributed by atoms with Crippen molar-refractivity contribution in [3.05, 3.63) is 64.1 Å². The van der Waals surface area contributed by atoms with Crippen molar-refractivity contribution >= 4 is 21.8 Å². The number of carbonyl (C=O) groups is 1. The second-order valence-corrected chi connectivity index (χ2v) is 8.53. The van der Waals surface area contributed by atoms with Gasteiger partial charge in [0.1, 0.15) is 5.75 Å².